The standard InChI is InChI=1S/C15H19N3O2S/c16-18-15(14-6-1-2-9-21(14,19)20)13-5-3-4-11-10-17-8-7-12(11)13/h3-5,7-8,10,14-15,18H,1-2,6,9,16H2. The van der Waals surface area contributed by atoms with E-state index in [1.165, 1.54) is 0 Å². The van der Waals surface area contributed by atoms with Crippen molar-refractivity contribution in [2.24, 2.45) is 5.84 Å². The molecular formula is C15H19N3O2S. The van der Waals surface area contributed by atoms with Gasteiger partial charge in [0.1, 0.15) is 0 Å². The summed E-state index contributed by atoms with van der Waals surface area (Å²) in [4.78, 5) is 4.11. The fourth-order valence-corrected chi connectivity index (χ4v) is 5.24. The summed E-state index contributed by atoms with van der Waals surface area (Å²) in [6, 6.07) is 7.34. The highest BCUT2D eigenvalue weighted by molar-refractivity contribution is 7.92. The maximum atomic E-state index is 12.4. The highest BCUT2D eigenvalue weighted by Gasteiger charge is 2.36. The topological polar surface area (TPSA) is 85.1 Å². The van der Waals surface area contributed by atoms with E-state index in [9.17, 15) is 8.42 Å². The second-order valence-electron chi connectivity index (χ2n) is 5.49. The Hall–Kier alpha value is -1.50. The number of benzene rings is 1. The predicted octanol–water partition coefficient (Wildman–Crippen LogP) is 1.71. The maximum Gasteiger partial charge on any atom is 0.155 e. The van der Waals surface area contributed by atoms with E-state index in [0.717, 1.165) is 29.2 Å². The van der Waals surface area contributed by atoms with Crippen molar-refractivity contribution in [2.75, 3.05) is 5.75 Å². The molecule has 3 rings (SSSR count). The smallest absolute Gasteiger partial charge is 0.155 e. The van der Waals surface area contributed by atoms with E-state index in [1.54, 1.807) is 12.4 Å². The average molecular weight is 305 g/mol. The molecule has 0 saturated carbocycles. The summed E-state index contributed by atoms with van der Waals surface area (Å²) in [6.45, 7) is 0. The van der Waals surface area contributed by atoms with Gasteiger partial charge in [0.25, 0.3) is 0 Å². The van der Waals surface area contributed by atoms with Gasteiger partial charge < -0.3 is 0 Å². The molecule has 2 unspecified atom stereocenters. The highest BCUT2D eigenvalue weighted by atomic mass is 32.2. The number of aromatic nitrogens is 1. The van der Waals surface area contributed by atoms with Crippen molar-refractivity contribution in [1.29, 1.82) is 0 Å². The first-order valence-corrected chi connectivity index (χ1v) is 8.85. The first-order chi connectivity index (χ1) is 10.1. The van der Waals surface area contributed by atoms with Gasteiger partial charge in [0.15, 0.2) is 9.84 Å². The Morgan fingerprint density at radius 3 is 2.90 bits per heavy atom. The van der Waals surface area contributed by atoms with Crippen LogP contribution in [0.2, 0.25) is 0 Å². The number of hydrogen-bond acceptors (Lipinski definition) is 5. The molecule has 2 heterocycles. The zero-order valence-electron chi connectivity index (χ0n) is 11.7. The predicted molar refractivity (Wildman–Crippen MR) is 83.2 cm³/mol. The fourth-order valence-electron chi connectivity index (χ4n) is 3.17. The largest absolute Gasteiger partial charge is 0.271 e. The van der Waals surface area contributed by atoms with E-state index < -0.39 is 15.1 Å². The molecular weight excluding hydrogens is 286 g/mol. The molecule has 0 spiro atoms. The van der Waals surface area contributed by atoms with Gasteiger partial charge in [0.2, 0.25) is 0 Å². The van der Waals surface area contributed by atoms with Crippen molar-refractivity contribution in [3.05, 3.63) is 42.2 Å². The number of sulfone groups is 1. The van der Waals surface area contributed by atoms with Gasteiger partial charge in [0.05, 0.1) is 17.0 Å². The van der Waals surface area contributed by atoms with Crippen LogP contribution < -0.4 is 11.3 Å². The number of nitrogens with zero attached hydrogens (tertiary/aromatic N) is 1. The molecule has 0 radical (unpaired) electrons. The molecule has 1 saturated heterocycles. The van der Waals surface area contributed by atoms with Gasteiger partial charge in [-0.15, -0.1) is 0 Å². The van der Waals surface area contributed by atoms with Gasteiger partial charge in [-0.1, -0.05) is 24.6 Å². The molecule has 21 heavy (non-hydrogen) atoms. The van der Waals surface area contributed by atoms with E-state index in [2.05, 4.69) is 10.4 Å². The fraction of sp³-hybridized carbons (Fsp3) is 0.400. The third-order valence-corrected chi connectivity index (χ3v) is 6.52. The SMILES string of the molecule is NNC(c1cccc2cnccc12)C1CCCCS1(=O)=O. The van der Waals surface area contributed by atoms with Gasteiger partial charge in [-0.25, -0.2) is 8.42 Å². The maximum absolute atomic E-state index is 12.4. The molecule has 6 heteroatoms. The zero-order valence-corrected chi connectivity index (χ0v) is 12.5. The summed E-state index contributed by atoms with van der Waals surface area (Å²) < 4.78 is 24.8. The quantitative estimate of drug-likeness (QED) is 0.666. The lowest BCUT2D eigenvalue weighted by Crippen LogP contribution is -2.43. The lowest BCUT2D eigenvalue weighted by Gasteiger charge is -2.30. The number of nitrogens with two attached hydrogens (primary N) is 1. The van der Waals surface area contributed by atoms with Gasteiger partial charge in [-0.3, -0.25) is 16.3 Å². The lowest BCUT2D eigenvalue weighted by molar-refractivity contribution is 0.455. The number of nitrogens with one attached hydrogen (secondary N) is 1. The third kappa shape index (κ3) is 2.66. The van der Waals surface area contributed by atoms with Crippen LogP contribution in [0.1, 0.15) is 30.9 Å². The monoisotopic (exact) mass is 305 g/mol. The summed E-state index contributed by atoms with van der Waals surface area (Å²) >= 11 is 0. The molecule has 5 nitrogen and oxygen atoms in total. The van der Waals surface area contributed by atoms with E-state index in [4.69, 9.17) is 5.84 Å². The van der Waals surface area contributed by atoms with Crippen molar-refractivity contribution in [2.45, 2.75) is 30.6 Å². The van der Waals surface area contributed by atoms with E-state index >= 15 is 0 Å². The minimum atomic E-state index is -3.11. The summed E-state index contributed by atoms with van der Waals surface area (Å²) in [7, 11) is -3.11. The van der Waals surface area contributed by atoms with Crippen molar-refractivity contribution in [3.8, 4) is 0 Å². The minimum absolute atomic E-state index is 0.252. The van der Waals surface area contributed by atoms with E-state index in [0.29, 0.717) is 6.42 Å². The van der Waals surface area contributed by atoms with Crippen LogP contribution in [0, 0.1) is 0 Å². The van der Waals surface area contributed by atoms with Crippen LogP contribution in [0.3, 0.4) is 0 Å². The highest BCUT2D eigenvalue weighted by Crippen LogP contribution is 2.33. The molecule has 1 aromatic carbocycles. The molecule has 0 amide bonds. The number of pyridine rings is 1. The summed E-state index contributed by atoms with van der Waals surface area (Å²) in [5.74, 6) is 5.97. The Kier molecular flexibility index (Phi) is 3.93. The van der Waals surface area contributed by atoms with Crippen LogP contribution in [0.25, 0.3) is 10.8 Å². The van der Waals surface area contributed by atoms with Gasteiger partial charge >= 0.3 is 0 Å². The van der Waals surface area contributed by atoms with Crippen LogP contribution >= 0.6 is 0 Å². The molecule has 1 aliphatic rings. The second kappa shape index (κ2) is 5.71. The molecule has 3 N–H and O–H groups in total. The van der Waals surface area contributed by atoms with Crippen molar-refractivity contribution < 1.29 is 8.42 Å². The molecule has 2 aromatic rings. The van der Waals surface area contributed by atoms with Crippen LogP contribution in [0.15, 0.2) is 36.7 Å². The molecule has 112 valence electrons. The summed E-state index contributed by atoms with van der Waals surface area (Å²) in [5, 5.41) is 1.52. The van der Waals surface area contributed by atoms with Gasteiger partial charge in [-0.2, -0.15) is 0 Å². The Morgan fingerprint density at radius 1 is 1.29 bits per heavy atom. The Morgan fingerprint density at radius 2 is 2.14 bits per heavy atom. The molecule has 0 bridgehead atoms. The number of fused-ring (bicyclic) bond motifs is 1. The van der Waals surface area contributed by atoms with Crippen LogP contribution in [-0.2, 0) is 9.84 Å². The van der Waals surface area contributed by atoms with Crippen molar-refractivity contribution in [1.82, 2.24) is 10.4 Å². The minimum Gasteiger partial charge on any atom is -0.271 e. The summed E-state index contributed by atoms with van der Waals surface area (Å²) in [5.41, 5.74) is 3.66. The van der Waals surface area contributed by atoms with Crippen molar-refractivity contribution >= 4 is 20.6 Å². The number of hydrogen-bond donors (Lipinski definition) is 2. The summed E-state index contributed by atoms with van der Waals surface area (Å²) in [6.07, 6.45) is 5.82. The first kappa shape index (κ1) is 14.4. The van der Waals surface area contributed by atoms with Crippen LogP contribution in [-0.4, -0.2) is 24.4 Å². The average Bonchev–Trinajstić information content (AvgIpc) is 2.49. The van der Waals surface area contributed by atoms with Gasteiger partial charge in [0, 0.05) is 17.8 Å². The first-order valence-electron chi connectivity index (χ1n) is 7.14. The normalized spacial score (nSPS) is 23.0. The van der Waals surface area contributed by atoms with Crippen molar-refractivity contribution in [3.63, 3.8) is 0 Å². The van der Waals surface area contributed by atoms with Crippen LogP contribution in [0.5, 0.6) is 0 Å². The van der Waals surface area contributed by atoms with E-state index in [-0.39, 0.29) is 11.8 Å². The third-order valence-electron chi connectivity index (χ3n) is 4.23. The lowest BCUT2D eigenvalue weighted by atomic mass is 9.95. The molecule has 1 aliphatic heterocycles. The van der Waals surface area contributed by atoms with Gasteiger partial charge in [-0.05, 0) is 29.9 Å². The van der Waals surface area contributed by atoms with Crippen LogP contribution in [0.4, 0.5) is 0 Å². The number of rotatable bonds is 3. The molecule has 0 aliphatic carbocycles. The molecule has 2 atom stereocenters. The second-order valence-corrected chi connectivity index (χ2v) is 7.83. The molecule has 1 aromatic heterocycles. The Labute approximate surface area is 124 Å². The Bertz CT molecular complexity index is 740. The number of hydrazine groups is 1. The zero-order chi connectivity index (χ0) is 14.9. The Balaban J connectivity index is 2.10. The van der Waals surface area contributed by atoms with E-state index in [1.807, 2.05) is 24.3 Å². The molecule has 1 fully saturated rings.